The van der Waals surface area contributed by atoms with Gasteiger partial charge in [-0.3, -0.25) is 9.59 Å². The van der Waals surface area contributed by atoms with Crippen LogP contribution >= 0.6 is 11.6 Å². The molecule has 1 fully saturated rings. The number of aryl methyl sites for hydroxylation is 1. The van der Waals surface area contributed by atoms with Crippen molar-refractivity contribution in [3.8, 4) is 0 Å². The monoisotopic (exact) mass is 425 g/mol. The summed E-state index contributed by atoms with van der Waals surface area (Å²) in [6, 6.07) is 3.22. The Bertz CT molecular complexity index is 943. The number of amides is 2. The van der Waals surface area contributed by atoms with Crippen LogP contribution < -0.4 is 5.32 Å². The van der Waals surface area contributed by atoms with Crippen LogP contribution in [0.3, 0.4) is 0 Å². The van der Waals surface area contributed by atoms with Crippen LogP contribution in [0.25, 0.3) is 0 Å². The fourth-order valence-electron chi connectivity index (χ4n) is 3.64. The number of rotatable bonds is 5. The second-order valence-electron chi connectivity index (χ2n) is 7.06. The molecule has 0 bridgehead atoms. The minimum atomic E-state index is -3.16. The molecule has 2 aliphatic heterocycles. The Labute approximate surface area is 170 Å². The van der Waals surface area contributed by atoms with Crippen molar-refractivity contribution in [1.82, 2.24) is 5.01 Å². The highest BCUT2D eigenvalue weighted by molar-refractivity contribution is 7.91. The van der Waals surface area contributed by atoms with Crippen LogP contribution in [-0.2, 0) is 32.3 Å². The van der Waals surface area contributed by atoms with Gasteiger partial charge in [0, 0.05) is 23.6 Å². The number of halogens is 1. The van der Waals surface area contributed by atoms with Crippen LogP contribution in [0.2, 0.25) is 5.02 Å². The average molecular weight is 426 g/mol. The van der Waals surface area contributed by atoms with Crippen molar-refractivity contribution < 1.29 is 18.0 Å². The van der Waals surface area contributed by atoms with Gasteiger partial charge in [-0.1, -0.05) is 31.5 Å². The molecule has 3 rings (SSSR count). The predicted octanol–water partition coefficient (Wildman–Crippen LogP) is 2.57. The number of anilines is 1. The second-order valence-corrected chi connectivity index (χ2v) is 9.70. The van der Waals surface area contributed by atoms with E-state index >= 15 is 0 Å². The second kappa shape index (κ2) is 8.21. The zero-order valence-electron chi connectivity index (χ0n) is 16.0. The highest BCUT2D eigenvalue weighted by Gasteiger charge is 2.37. The molecule has 9 heteroatoms. The fraction of sp³-hybridized carbons (Fsp3) is 0.526. The minimum absolute atomic E-state index is 0.0424. The Kier molecular flexibility index (Phi) is 6.09. The number of hydrogen-bond donors (Lipinski definition) is 1. The van der Waals surface area contributed by atoms with E-state index < -0.39 is 15.9 Å². The van der Waals surface area contributed by atoms with Gasteiger partial charge in [-0.2, -0.15) is 5.10 Å². The van der Waals surface area contributed by atoms with Crippen LogP contribution in [0, 0.1) is 0 Å². The van der Waals surface area contributed by atoms with E-state index in [1.807, 2.05) is 26.0 Å². The standard InChI is InChI=1S/C19H24ClN3O4S/c1-3-12-5-6-15(20)14(4-2)18(12)21-19(25)16-7-8-17(24)23(22-16)13-9-10-28(26,27)11-13/h5-6,13H,3-4,7-11H2,1-2H3,(H,21,25)/t13-/m0/s1. The maximum Gasteiger partial charge on any atom is 0.271 e. The molecule has 7 nitrogen and oxygen atoms in total. The maximum absolute atomic E-state index is 12.9. The van der Waals surface area contributed by atoms with Crippen molar-refractivity contribution in [2.75, 3.05) is 16.8 Å². The molecule has 0 saturated carbocycles. The smallest absolute Gasteiger partial charge is 0.271 e. The molecule has 0 radical (unpaired) electrons. The van der Waals surface area contributed by atoms with E-state index in [9.17, 15) is 18.0 Å². The first-order valence-corrected chi connectivity index (χ1v) is 11.7. The van der Waals surface area contributed by atoms with Crippen molar-refractivity contribution in [2.24, 2.45) is 5.10 Å². The molecule has 1 aromatic carbocycles. The summed E-state index contributed by atoms with van der Waals surface area (Å²) in [4.78, 5) is 25.1. The maximum atomic E-state index is 12.9. The van der Waals surface area contributed by atoms with Crippen LogP contribution in [0.15, 0.2) is 17.2 Å². The summed E-state index contributed by atoms with van der Waals surface area (Å²) in [5, 5.41) is 8.94. The molecule has 0 aliphatic carbocycles. The van der Waals surface area contributed by atoms with Gasteiger partial charge in [0.1, 0.15) is 5.71 Å². The number of benzene rings is 1. The summed E-state index contributed by atoms with van der Waals surface area (Å²) in [6.07, 6.45) is 2.11. The van der Waals surface area contributed by atoms with Gasteiger partial charge in [-0.25, -0.2) is 13.4 Å². The Morgan fingerprint density at radius 3 is 2.64 bits per heavy atom. The quantitative estimate of drug-likeness (QED) is 0.784. The fourth-order valence-corrected chi connectivity index (χ4v) is 5.62. The van der Waals surface area contributed by atoms with E-state index in [1.165, 1.54) is 5.01 Å². The number of hydrogen-bond acceptors (Lipinski definition) is 5. The zero-order valence-corrected chi connectivity index (χ0v) is 17.6. The van der Waals surface area contributed by atoms with Gasteiger partial charge >= 0.3 is 0 Å². The van der Waals surface area contributed by atoms with E-state index in [4.69, 9.17) is 11.6 Å². The normalized spacial score (nSPS) is 21.5. The molecule has 2 heterocycles. The number of carbonyl (C=O) groups excluding carboxylic acids is 2. The van der Waals surface area contributed by atoms with Crippen molar-refractivity contribution in [3.05, 3.63) is 28.3 Å². The predicted molar refractivity (Wildman–Crippen MR) is 109 cm³/mol. The summed E-state index contributed by atoms with van der Waals surface area (Å²) < 4.78 is 23.5. The number of nitrogens with one attached hydrogen (secondary N) is 1. The molecule has 1 atom stereocenters. The summed E-state index contributed by atoms with van der Waals surface area (Å²) in [6.45, 7) is 3.97. The van der Waals surface area contributed by atoms with Crippen molar-refractivity contribution in [2.45, 2.75) is 52.0 Å². The van der Waals surface area contributed by atoms with Crippen molar-refractivity contribution in [1.29, 1.82) is 0 Å². The molecule has 2 amide bonds. The topological polar surface area (TPSA) is 95.9 Å². The number of carbonyl (C=O) groups is 2. The largest absolute Gasteiger partial charge is 0.320 e. The number of sulfone groups is 1. The number of nitrogens with zero attached hydrogens (tertiary/aromatic N) is 2. The lowest BCUT2D eigenvalue weighted by Gasteiger charge is -2.27. The van der Waals surface area contributed by atoms with Crippen LogP contribution in [-0.4, -0.2) is 48.5 Å². The molecule has 1 aromatic rings. The summed E-state index contributed by atoms with van der Waals surface area (Å²) in [5.74, 6) is -0.693. The number of hydrazone groups is 1. The molecule has 1 saturated heterocycles. The van der Waals surface area contributed by atoms with Crippen molar-refractivity contribution >= 4 is 44.7 Å². The van der Waals surface area contributed by atoms with E-state index in [2.05, 4.69) is 10.4 Å². The minimum Gasteiger partial charge on any atom is -0.320 e. The van der Waals surface area contributed by atoms with Gasteiger partial charge in [0.25, 0.3) is 5.91 Å². The Morgan fingerprint density at radius 1 is 1.29 bits per heavy atom. The average Bonchev–Trinajstić information content (AvgIpc) is 3.02. The van der Waals surface area contributed by atoms with Gasteiger partial charge in [-0.15, -0.1) is 0 Å². The SMILES string of the molecule is CCc1ccc(Cl)c(CC)c1NC(=O)C1=NN([C@H]2CCS(=O)(=O)C2)C(=O)CC1. The van der Waals surface area contributed by atoms with Crippen molar-refractivity contribution in [3.63, 3.8) is 0 Å². The van der Waals surface area contributed by atoms with Crippen LogP contribution in [0.4, 0.5) is 5.69 Å². The Balaban J connectivity index is 1.86. The third-order valence-electron chi connectivity index (χ3n) is 5.19. The van der Waals surface area contributed by atoms with E-state index in [0.29, 0.717) is 23.6 Å². The first kappa shape index (κ1) is 20.8. The molecule has 28 heavy (non-hydrogen) atoms. The highest BCUT2D eigenvalue weighted by Crippen LogP contribution is 2.30. The Morgan fingerprint density at radius 2 is 2.04 bits per heavy atom. The molecule has 0 spiro atoms. The van der Waals surface area contributed by atoms with Gasteiger partial charge in [0.15, 0.2) is 9.84 Å². The van der Waals surface area contributed by atoms with Gasteiger partial charge < -0.3 is 5.32 Å². The lowest BCUT2D eigenvalue weighted by molar-refractivity contribution is -0.133. The summed E-state index contributed by atoms with van der Waals surface area (Å²) in [5.41, 5.74) is 2.76. The molecule has 152 valence electrons. The van der Waals surface area contributed by atoms with Gasteiger partial charge in [-0.05, 0) is 36.5 Å². The third kappa shape index (κ3) is 4.22. The lowest BCUT2D eigenvalue weighted by Crippen LogP contribution is -2.42. The van der Waals surface area contributed by atoms with Crippen LogP contribution in [0.1, 0.15) is 44.2 Å². The summed E-state index contributed by atoms with van der Waals surface area (Å²) in [7, 11) is -3.16. The zero-order chi connectivity index (χ0) is 20.5. The first-order valence-electron chi connectivity index (χ1n) is 9.47. The molecular weight excluding hydrogens is 402 g/mol. The molecular formula is C19H24ClN3O4S. The molecule has 0 unspecified atom stereocenters. The molecule has 0 aromatic heterocycles. The molecule has 1 N–H and O–H groups in total. The summed E-state index contributed by atoms with van der Waals surface area (Å²) >= 11 is 6.29. The van der Waals surface area contributed by atoms with E-state index in [-0.39, 0.29) is 41.9 Å². The van der Waals surface area contributed by atoms with E-state index in [1.54, 1.807) is 0 Å². The molecule has 2 aliphatic rings. The van der Waals surface area contributed by atoms with E-state index in [0.717, 1.165) is 17.5 Å². The van der Waals surface area contributed by atoms with Gasteiger partial charge in [0.05, 0.1) is 17.5 Å². The highest BCUT2D eigenvalue weighted by atomic mass is 35.5. The lowest BCUT2D eigenvalue weighted by atomic mass is 10.0. The third-order valence-corrected chi connectivity index (χ3v) is 7.30. The Hall–Kier alpha value is -1.93. The van der Waals surface area contributed by atoms with Crippen LogP contribution in [0.5, 0.6) is 0 Å². The van der Waals surface area contributed by atoms with Gasteiger partial charge in [0.2, 0.25) is 5.91 Å². The first-order chi connectivity index (χ1) is 13.3.